The topological polar surface area (TPSA) is 170 Å². The fraction of sp³-hybridized carbons (Fsp3) is 0.700. The maximum absolute atomic E-state index is 11.6. The number of aliphatic carboxylic acids is 3. The predicted octanol–water partition coefficient (Wildman–Crippen LogP) is 0.122. The van der Waals surface area contributed by atoms with Gasteiger partial charge in [0.15, 0.2) is 0 Å². The molecule has 0 saturated heterocycles. The maximum atomic E-state index is 11.6. The van der Waals surface area contributed by atoms with Crippen LogP contribution in [0, 0.1) is 5.92 Å². The first kappa shape index (κ1) is 19.5. The fourth-order valence-corrected chi connectivity index (χ4v) is 2.28. The molecule has 0 saturated carbocycles. The summed E-state index contributed by atoms with van der Waals surface area (Å²) < 4.78 is 16.2. The Hall–Kier alpha value is -1.48. The number of hydrogen-bond donors (Lipinski definition) is 5. The molecule has 0 aliphatic rings. The van der Waals surface area contributed by atoms with Gasteiger partial charge in [0.05, 0.1) is 12.5 Å². The van der Waals surface area contributed by atoms with Crippen LogP contribution in [0.15, 0.2) is 0 Å². The summed E-state index contributed by atoms with van der Waals surface area (Å²) in [6, 6.07) is -1.56. The highest BCUT2D eigenvalue weighted by atomic mass is 31.2. The number of carbonyl (C=O) groups is 3. The minimum Gasteiger partial charge on any atom is -0.481 e. The Kier molecular flexibility index (Phi) is 8.11. The monoisotopic (exact) mass is 327 g/mol. The molecule has 0 spiro atoms. The minimum atomic E-state index is -4.47. The van der Waals surface area contributed by atoms with Crippen LogP contribution >= 0.6 is 7.75 Å². The van der Waals surface area contributed by atoms with Crippen LogP contribution in [0.25, 0.3) is 0 Å². The van der Waals surface area contributed by atoms with E-state index in [1.165, 1.54) is 6.92 Å². The Balaban J connectivity index is 4.40. The second-order valence-electron chi connectivity index (χ2n) is 4.33. The van der Waals surface area contributed by atoms with E-state index in [9.17, 15) is 23.8 Å². The molecule has 3 unspecified atom stereocenters. The van der Waals surface area contributed by atoms with Crippen molar-refractivity contribution in [1.29, 1.82) is 0 Å². The van der Waals surface area contributed by atoms with Crippen molar-refractivity contribution in [3.8, 4) is 0 Å². The lowest BCUT2D eigenvalue weighted by atomic mass is 10.1. The molecule has 5 N–H and O–H groups in total. The van der Waals surface area contributed by atoms with Crippen LogP contribution < -0.4 is 5.09 Å². The second kappa shape index (κ2) is 8.73. The summed E-state index contributed by atoms with van der Waals surface area (Å²) in [6.45, 7) is 1.02. The molecular formula is C10H18NO9P. The molecule has 21 heavy (non-hydrogen) atoms. The van der Waals surface area contributed by atoms with E-state index >= 15 is 0 Å². The van der Waals surface area contributed by atoms with Gasteiger partial charge in [-0.1, -0.05) is 6.92 Å². The van der Waals surface area contributed by atoms with Gasteiger partial charge < -0.3 is 20.2 Å². The fourth-order valence-electron chi connectivity index (χ4n) is 1.22. The van der Waals surface area contributed by atoms with Crippen molar-refractivity contribution in [2.24, 2.45) is 5.92 Å². The minimum absolute atomic E-state index is 0.0333. The summed E-state index contributed by atoms with van der Waals surface area (Å²) in [5.41, 5.74) is 0. The standard InChI is InChI=1S/C10H18NO9P/c1-6(9(14)15)4-5-20-21(18,19)11-7(10(16)17)2-3-8(12)13/h6-7H,2-5H2,1H3,(H,12,13)(H,14,15)(H,16,17)(H2,11,18,19). The third kappa shape index (κ3) is 9.14. The Morgan fingerprint density at radius 2 is 1.71 bits per heavy atom. The van der Waals surface area contributed by atoms with Crippen LogP contribution in [0.1, 0.15) is 26.2 Å². The van der Waals surface area contributed by atoms with E-state index in [2.05, 4.69) is 4.52 Å². The van der Waals surface area contributed by atoms with Gasteiger partial charge in [0.2, 0.25) is 0 Å². The number of rotatable bonds is 11. The molecule has 0 aliphatic heterocycles. The van der Waals surface area contributed by atoms with Crippen LogP contribution in [0.4, 0.5) is 0 Å². The van der Waals surface area contributed by atoms with Gasteiger partial charge >= 0.3 is 25.7 Å². The molecule has 0 rings (SSSR count). The van der Waals surface area contributed by atoms with Gasteiger partial charge in [0, 0.05) is 6.42 Å². The lowest BCUT2D eigenvalue weighted by Gasteiger charge is -2.18. The molecule has 11 heteroatoms. The van der Waals surface area contributed by atoms with Crippen molar-refractivity contribution in [2.45, 2.75) is 32.2 Å². The lowest BCUT2D eigenvalue weighted by molar-refractivity contribution is -0.142. The third-order valence-corrected chi connectivity index (χ3v) is 3.67. The summed E-state index contributed by atoms with van der Waals surface area (Å²) in [7, 11) is -4.47. The van der Waals surface area contributed by atoms with Gasteiger partial charge in [0.25, 0.3) is 0 Å². The van der Waals surface area contributed by atoms with Gasteiger partial charge in [-0.15, -0.1) is 0 Å². The smallest absolute Gasteiger partial charge is 0.403 e. The summed E-state index contributed by atoms with van der Waals surface area (Å²) in [5, 5.41) is 27.7. The summed E-state index contributed by atoms with van der Waals surface area (Å²) in [5.74, 6) is -4.61. The Bertz CT molecular complexity index is 438. The van der Waals surface area contributed by atoms with Crippen molar-refractivity contribution >= 4 is 25.7 Å². The van der Waals surface area contributed by atoms with Gasteiger partial charge in [-0.3, -0.25) is 18.9 Å². The Morgan fingerprint density at radius 3 is 2.14 bits per heavy atom. The van der Waals surface area contributed by atoms with E-state index in [-0.39, 0.29) is 13.0 Å². The van der Waals surface area contributed by atoms with Gasteiger partial charge in [0.1, 0.15) is 6.04 Å². The van der Waals surface area contributed by atoms with Crippen LogP contribution in [0.5, 0.6) is 0 Å². The number of hydrogen-bond acceptors (Lipinski definition) is 5. The molecule has 0 aliphatic carbocycles. The van der Waals surface area contributed by atoms with Crippen LogP contribution in [0.3, 0.4) is 0 Å². The molecule has 10 nitrogen and oxygen atoms in total. The zero-order valence-corrected chi connectivity index (χ0v) is 12.2. The van der Waals surface area contributed by atoms with E-state index in [1.54, 1.807) is 0 Å². The molecule has 0 heterocycles. The molecule has 0 radical (unpaired) electrons. The normalized spacial score (nSPS) is 16.7. The van der Waals surface area contributed by atoms with Gasteiger partial charge in [-0.2, -0.15) is 0 Å². The van der Waals surface area contributed by atoms with Gasteiger partial charge in [-0.05, 0) is 12.8 Å². The van der Waals surface area contributed by atoms with E-state index in [1.807, 2.05) is 5.09 Å². The molecular weight excluding hydrogens is 309 g/mol. The van der Waals surface area contributed by atoms with Crippen molar-refractivity contribution in [2.75, 3.05) is 6.61 Å². The van der Waals surface area contributed by atoms with Gasteiger partial charge in [-0.25, -0.2) is 9.65 Å². The average molecular weight is 327 g/mol. The van der Waals surface area contributed by atoms with E-state index in [4.69, 9.17) is 15.3 Å². The van der Waals surface area contributed by atoms with Crippen molar-refractivity contribution in [1.82, 2.24) is 5.09 Å². The predicted molar refractivity (Wildman–Crippen MR) is 68.6 cm³/mol. The second-order valence-corrected chi connectivity index (χ2v) is 5.89. The average Bonchev–Trinajstić information content (AvgIpc) is 2.33. The third-order valence-electron chi connectivity index (χ3n) is 2.50. The number of carboxylic acid groups (broad SMARTS) is 3. The summed E-state index contributed by atoms with van der Waals surface area (Å²) in [4.78, 5) is 41.2. The lowest BCUT2D eigenvalue weighted by Crippen LogP contribution is -2.35. The Labute approximate surface area is 120 Å². The maximum Gasteiger partial charge on any atom is 0.403 e. The van der Waals surface area contributed by atoms with Crippen molar-refractivity contribution in [3.63, 3.8) is 0 Å². The highest BCUT2D eigenvalue weighted by Crippen LogP contribution is 2.38. The molecule has 0 amide bonds. The first-order valence-corrected chi connectivity index (χ1v) is 7.55. The molecule has 0 aromatic rings. The highest BCUT2D eigenvalue weighted by Gasteiger charge is 2.29. The molecule has 0 aromatic carbocycles. The molecule has 0 aromatic heterocycles. The molecule has 122 valence electrons. The van der Waals surface area contributed by atoms with Crippen LogP contribution in [-0.4, -0.2) is 50.8 Å². The first-order valence-electron chi connectivity index (χ1n) is 5.97. The molecule has 0 bridgehead atoms. The van der Waals surface area contributed by atoms with Crippen molar-refractivity contribution < 1.29 is 43.7 Å². The van der Waals surface area contributed by atoms with Crippen LogP contribution in [0.2, 0.25) is 0 Å². The largest absolute Gasteiger partial charge is 0.481 e. The zero-order valence-electron chi connectivity index (χ0n) is 11.3. The number of nitrogens with one attached hydrogen (secondary N) is 1. The van der Waals surface area contributed by atoms with Crippen molar-refractivity contribution in [3.05, 3.63) is 0 Å². The first-order chi connectivity index (χ1) is 9.55. The Morgan fingerprint density at radius 1 is 1.14 bits per heavy atom. The van der Waals surface area contributed by atoms with E-state index in [0.29, 0.717) is 0 Å². The summed E-state index contributed by atoms with van der Waals surface area (Å²) >= 11 is 0. The molecule has 0 fully saturated rings. The highest BCUT2D eigenvalue weighted by molar-refractivity contribution is 7.50. The van der Waals surface area contributed by atoms with E-state index < -0.39 is 50.5 Å². The SMILES string of the molecule is CC(CCOP(=O)(O)NC(CCC(=O)O)C(=O)O)C(=O)O. The zero-order chi connectivity index (χ0) is 16.6. The quantitative estimate of drug-likeness (QED) is 0.328. The summed E-state index contributed by atoms with van der Waals surface area (Å²) in [6.07, 6.45) is -0.932. The van der Waals surface area contributed by atoms with E-state index in [0.717, 1.165) is 0 Å². The number of carboxylic acids is 3. The molecule has 3 atom stereocenters. The van der Waals surface area contributed by atoms with Crippen LogP contribution in [-0.2, 0) is 23.5 Å².